The fraction of sp³-hybridized carbons (Fsp3) is 0.480. The molecule has 5 nitrogen and oxygen atoms in total. The van der Waals surface area contributed by atoms with E-state index < -0.39 is 0 Å². The van der Waals surface area contributed by atoms with Gasteiger partial charge in [-0.1, -0.05) is 31.2 Å². The van der Waals surface area contributed by atoms with Gasteiger partial charge in [-0.3, -0.25) is 4.98 Å². The number of fused-ring (bicyclic) bond motifs is 1. The minimum atomic E-state index is -0.167. The lowest BCUT2D eigenvalue weighted by Gasteiger charge is -2.26. The molecule has 156 valence electrons. The Hall–Kier alpha value is -2.53. The molecule has 1 aromatic carbocycles. The molecule has 2 aromatic heterocycles. The summed E-state index contributed by atoms with van der Waals surface area (Å²) in [5.74, 6) is 3.28. The Balaban J connectivity index is 1.30. The van der Waals surface area contributed by atoms with Crippen LogP contribution in [0.4, 0.5) is 0 Å². The summed E-state index contributed by atoms with van der Waals surface area (Å²) >= 11 is 0. The Kier molecular flexibility index (Phi) is 5.15. The summed E-state index contributed by atoms with van der Waals surface area (Å²) < 4.78 is 6.29. The van der Waals surface area contributed by atoms with E-state index in [2.05, 4.69) is 41.2 Å². The maximum absolute atomic E-state index is 9.84. The third-order valence-corrected chi connectivity index (χ3v) is 6.97. The largest absolute Gasteiger partial charge is 0.477 e. The SMILES string of the molecule is Cc1ncc(C2CCC(O)CC2)c(OC[C@H]2[C@@H](C)[C@H]2c2ccc3ccccc3n2)n1. The zero-order valence-corrected chi connectivity index (χ0v) is 17.7. The Bertz CT molecular complexity index is 1050. The van der Waals surface area contributed by atoms with Gasteiger partial charge in [-0.25, -0.2) is 4.98 Å². The van der Waals surface area contributed by atoms with E-state index in [4.69, 9.17) is 9.72 Å². The number of aliphatic hydroxyl groups excluding tert-OH is 1. The smallest absolute Gasteiger partial charge is 0.220 e. The number of rotatable bonds is 5. The molecule has 0 radical (unpaired) electrons. The van der Waals surface area contributed by atoms with Crippen LogP contribution in [0.2, 0.25) is 0 Å². The summed E-state index contributed by atoms with van der Waals surface area (Å²) in [7, 11) is 0. The molecule has 2 heterocycles. The molecular weight excluding hydrogens is 374 g/mol. The third-order valence-electron chi connectivity index (χ3n) is 6.97. The van der Waals surface area contributed by atoms with Crippen molar-refractivity contribution in [2.24, 2.45) is 11.8 Å². The molecule has 5 rings (SSSR count). The Labute approximate surface area is 177 Å². The number of aromatic nitrogens is 3. The quantitative estimate of drug-likeness (QED) is 0.664. The van der Waals surface area contributed by atoms with Crippen molar-refractivity contribution in [2.45, 2.75) is 57.5 Å². The fourth-order valence-corrected chi connectivity index (χ4v) is 4.97. The normalized spacial score (nSPS) is 28.4. The molecule has 0 bridgehead atoms. The van der Waals surface area contributed by atoms with Crippen molar-refractivity contribution in [3.8, 4) is 5.88 Å². The van der Waals surface area contributed by atoms with Crippen LogP contribution in [0.1, 0.15) is 61.5 Å². The first-order chi connectivity index (χ1) is 14.6. The molecule has 0 unspecified atom stereocenters. The second-order valence-electron chi connectivity index (χ2n) is 8.97. The Morgan fingerprint density at radius 1 is 1.03 bits per heavy atom. The number of aliphatic hydroxyl groups is 1. The van der Waals surface area contributed by atoms with Crippen molar-refractivity contribution < 1.29 is 9.84 Å². The van der Waals surface area contributed by atoms with Crippen LogP contribution < -0.4 is 4.74 Å². The first-order valence-corrected chi connectivity index (χ1v) is 11.1. The summed E-state index contributed by atoms with van der Waals surface area (Å²) in [5.41, 5.74) is 3.32. The summed E-state index contributed by atoms with van der Waals surface area (Å²) in [6.45, 7) is 4.84. The van der Waals surface area contributed by atoms with E-state index in [1.54, 1.807) is 0 Å². The molecule has 5 heteroatoms. The minimum absolute atomic E-state index is 0.167. The summed E-state index contributed by atoms with van der Waals surface area (Å²) in [6, 6.07) is 12.6. The van der Waals surface area contributed by atoms with Gasteiger partial charge in [0.1, 0.15) is 5.82 Å². The summed E-state index contributed by atoms with van der Waals surface area (Å²) in [5, 5.41) is 11.0. The number of benzene rings is 1. The highest BCUT2D eigenvalue weighted by Crippen LogP contribution is 2.53. The zero-order chi connectivity index (χ0) is 20.7. The van der Waals surface area contributed by atoms with Crippen molar-refractivity contribution in [1.29, 1.82) is 0 Å². The monoisotopic (exact) mass is 403 g/mol. The number of hydrogen-bond acceptors (Lipinski definition) is 5. The van der Waals surface area contributed by atoms with Crippen LogP contribution in [0.15, 0.2) is 42.6 Å². The molecule has 2 saturated carbocycles. The number of pyridine rings is 1. The highest BCUT2D eigenvalue weighted by atomic mass is 16.5. The second kappa shape index (κ2) is 7.95. The van der Waals surface area contributed by atoms with Gasteiger partial charge < -0.3 is 9.84 Å². The van der Waals surface area contributed by atoms with Crippen LogP contribution in [-0.4, -0.2) is 32.8 Å². The first kappa shape index (κ1) is 19.4. The van der Waals surface area contributed by atoms with E-state index in [0.717, 1.165) is 54.2 Å². The van der Waals surface area contributed by atoms with Gasteiger partial charge >= 0.3 is 0 Å². The average molecular weight is 404 g/mol. The number of ether oxygens (including phenoxy) is 1. The van der Waals surface area contributed by atoms with E-state index in [0.29, 0.717) is 30.3 Å². The highest BCUT2D eigenvalue weighted by Gasteiger charge is 2.49. The second-order valence-corrected chi connectivity index (χ2v) is 8.97. The van der Waals surface area contributed by atoms with Crippen LogP contribution in [0.5, 0.6) is 5.88 Å². The summed E-state index contributed by atoms with van der Waals surface area (Å²) in [6.07, 6.45) is 5.37. The van der Waals surface area contributed by atoms with Crippen molar-refractivity contribution in [2.75, 3.05) is 6.61 Å². The average Bonchev–Trinajstić information content (AvgIpc) is 3.42. The fourth-order valence-electron chi connectivity index (χ4n) is 4.97. The molecule has 0 spiro atoms. The molecule has 0 aliphatic heterocycles. The van der Waals surface area contributed by atoms with E-state index >= 15 is 0 Å². The van der Waals surface area contributed by atoms with Gasteiger partial charge in [0.2, 0.25) is 5.88 Å². The molecule has 0 amide bonds. The van der Waals surface area contributed by atoms with Gasteiger partial charge in [-0.2, -0.15) is 4.98 Å². The van der Waals surface area contributed by atoms with E-state index in [1.807, 2.05) is 25.3 Å². The van der Waals surface area contributed by atoms with Crippen LogP contribution in [0.3, 0.4) is 0 Å². The molecule has 30 heavy (non-hydrogen) atoms. The molecular formula is C25H29N3O2. The minimum Gasteiger partial charge on any atom is -0.477 e. The van der Waals surface area contributed by atoms with Crippen LogP contribution >= 0.6 is 0 Å². The van der Waals surface area contributed by atoms with Crippen LogP contribution in [0.25, 0.3) is 10.9 Å². The van der Waals surface area contributed by atoms with Crippen LogP contribution in [0, 0.1) is 18.8 Å². The molecule has 2 fully saturated rings. The lowest BCUT2D eigenvalue weighted by Crippen LogP contribution is -2.18. The van der Waals surface area contributed by atoms with Gasteiger partial charge in [-0.05, 0) is 56.6 Å². The molecule has 3 atom stereocenters. The van der Waals surface area contributed by atoms with Crippen molar-refractivity contribution in [3.63, 3.8) is 0 Å². The maximum Gasteiger partial charge on any atom is 0.220 e. The lowest BCUT2D eigenvalue weighted by atomic mass is 9.83. The van der Waals surface area contributed by atoms with Crippen molar-refractivity contribution in [1.82, 2.24) is 15.0 Å². The van der Waals surface area contributed by atoms with Gasteiger partial charge in [0.25, 0.3) is 0 Å². The summed E-state index contributed by atoms with van der Waals surface area (Å²) in [4.78, 5) is 13.9. The number of para-hydroxylation sites is 1. The topological polar surface area (TPSA) is 68.1 Å². The maximum atomic E-state index is 9.84. The molecule has 1 N–H and O–H groups in total. The number of hydrogen-bond donors (Lipinski definition) is 1. The van der Waals surface area contributed by atoms with Gasteiger partial charge in [0.05, 0.1) is 18.2 Å². The standard InChI is InChI=1S/C25H29N3O2/c1-15-21(24(15)23-12-9-18-5-3-4-6-22(18)28-23)14-30-25-20(13-26-16(2)27-25)17-7-10-19(29)11-8-17/h3-6,9,12-13,15,17,19,21,24,29H,7-8,10-11,14H2,1-2H3/t15-,17?,19?,21+,24-/m1/s1. The number of aryl methyl sites for hydroxylation is 1. The Morgan fingerprint density at radius 3 is 2.67 bits per heavy atom. The predicted octanol–water partition coefficient (Wildman–Crippen LogP) is 4.78. The van der Waals surface area contributed by atoms with Gasteiger partial charge in [-0.15, -0.1) is 0 Å². The third kappa shape index (κ3) is 3.79. The van der Waals surface area contributed by atoms with Crippen molar-refractivity contribution in [3.05, 3.63) is 59.7 Å². The lowest BCUT2D eigenvalue weighted by molar-refractivity contribution is 0.121. The molecule has 2 aliphatic rings. The van der Waals surface area contributed by atoms with Crippen LogP contribution in [-0.2, 0) is 0 Å². The van der Waals surface area contributed by atoms with E-state index in [9.17, 15) is 5.11 Å². The highest BCUT2D eigenvalue weighted by molar-refractivity contribution is 5.78. The first-order valence-electron chi connectivity index (χ1n) is 11.1. The molecule has 0 saturated heterocycles. The van der Waals surface area contributed by atoms with Gasteiger partial charge in [0, 0.05) is 34.7 Å². The zero-order valence-electron chi connectivity index (χ0n) is 17.7. The number of nitrogens with zero attached hydrogens (tertiary/aromatic N) is 3. The Morgan fingerprint density at radius 2 is 1.83 bits per heavy atom. The van der Waals surface area contributed by atoms with Gasteiger partial charge in [0.15, 0.2) is 0 Å². The predicted molar refractivity (Wildman–Crippen MR) is 117 cm³/mol. The molecule has 2 aliphatic carbocycles. The molecule has 3 aromatic rings. The van der Waals surface area contributed by atoms with Crippen molar-refractivity contribution >= 4 is 10.9 Å². The van der Waals surface area contributed by atoms with E-state index in [-0.39, 0.29) is 6.10 Å². The van der Waals surface area contributed by atoms with E-state index in [1.165, 1.54) is 5.39 Å².